The van der Waals surface area contributed by atoms with Crippen molar-refractivity contribution >= 4 is 17.7 Å². The zero-order valence-electron chi connectivity index (χ0n) is 13.4. The molecule has 0 bridgehead atoms. The molecule has 8 heteroatoms. The Labute approximate surface area is 139 Å². The zero-order chi connectivity index (χ0) is 17.7. The monoisotopic (exact) mass is 337 g/mol. The van der Waals surface area contributed by atoms with Crippen LogP contribution in [0, 0.1) is 11.7 Å². The van der Waals surface area contributed by atoms with Gasteiger partial charge in [0.2, 0.25) is 11.8 Å². The lowest BCUT2D eigenvalue weighted by Crippen LogP contribution is -2.42. The Bertz CT molecular complexity index is 638. The summed E-state index contributed by atoms with van der Waals surface area (Å²) in [5.41, 5.74) is 5.36. The van der Waals surface area contributed by atoms with E-state index in [0.717, 1.165) is 0 Å². The Hall–Kier alpha value is -2.64. The van der Waals surface area contributed by atoms with Gasteiger partial charge in [0.05, 0.1) is 5.92 Å². The van der Waals surface area contributed by atoms with Crippen molar-refractivity contribution in [1.29, 1.82) is 0 Å². The van der Waals surface area contributed by atoms with Gasteiger partial charge in [0.15, 0.2) is 6.61 Å². The molecule has 24 heavy (non-hydrogen) atoms. The number of amides is 3. The van der Waals surface area contributed by atoms with Crippen LogP contribution in [0.1, 0.15) is 6.92 Å². The SMILES string of the molecule is CC(=O)N1CCN(C(=O)COc2cccc(F)c2)C[C@@H](C(N)=O)C1. The van der Waals surface area contributed by atoms with Crippen LogP contribution >= 0.6 is 0 Å². The topological polar surface area (TPSA) is 92.9 Å². The van der Waals surface area contributed by atoms with E-state index in [0.29, 0.717) is 6.54 Å². The van der Waals surface area contributed by atoms with E-state index in [1.54, 1.807) is 6.07 Å². The van der Waals surface area contributed by atoms with E-state index in [1.165, 1.54) is 34.9 Å². The maximum atomic E-state index is 13.1. The molecule has 0 saturated carbocycles. The highest BCUT2D eigenvalue weighted by Crippen LogP contribution is 2.14. The molecule has 1 fully saturated rings. The molecule has 0 aliphatic carbocycles. The van der Waals surface area contributed by atoms with Gasteiger partial charge in [0.25, 0.3) is 5.91 Å². The molecular formula is C16H20FN3O4. The first-order valence-corrected chi connectivity index (χ1v) is 7.58. The number of primary amides is 1. The number of benzene rings is 1. The first kappa shape index (κ1) is 17.7. The van der Waals surface area contributed by atoms with Gasteiger partial charge in [-0.15, -0.1) is 0 Å². The predicted molar refractivity (Wildman–Crippen MR) is 83.4 cm³/mol. The van der Waals surface area contributed by atoms with Gasteiger partial charge in [-0.3, -0.25) is 14.4 Å². The van der Waals surface area contributed by atoms with Crippen molar-refractivity contribution in [3.05, 3.63) is 30.1 Å². The van der Waals surface area contributed by atoms with Gasteiger partial charge in [-0.25, -0.2) is 4.39 Å². The molecule has 1 saturated heterocycles. The second-order valence-corrected chi connectivity index (χ2v) is 5.65. The van der Waals surface area contributed by atoms with E-state index in [9.17, 15) is 18.8 Å². The lowest BCUT2D eigenvalue weighted by molar-refractivity contribution is -0.134. The van der Waals surface area contributed by atoms with Crippen molar-refractivity contribution in [2.75, 3.05) is 32.8 Å². The number of rotatable bonds is 4. The molecule has 1 aromatic rings. The maximum Gasteiger partial charge on any atom is 0.260 e. The second kappa shape index (κ2) is 7.76. The average molecular weight is 337 g/mol. The molecule has 7 nitrogen and oxygen atoms in total. The molecule has 2 rings (SSSR count). The van der Waals surface area contributed by atoms with Gasteiger partial charge in [0, 0.05) is 39.2 Å². The lowest BCUT2D eigenvalue weighted by Gasteiger charge is -2.22. The third-order valence-corrected chi connectivity index (χ3v) is 3.88. The summed E-state index contributed by atoms with van der Waals surface area (Å²) in [6.45, 7) is 2.06. The van der Waals surface area contributed by atoms with E-state index in [4.69, 9.17) is 10.5 Å². The number of carbonyl (C=O) groups excluding carboxylic acids is 3. The average Bonchev–Trinajstić information content (AvgIpc) is 2.76. The number of halogens is 1. The van der Waals surface area contributed by atoms with Gasteiger partial charge < -0.3 is 20.3 Å². The predicted octanol–water partition coefficient (Wildman–Crippen LogP) is -0.00330. The molecular weight excluding hydrogens is 317 g/mol. The van der Waals surface area contributed by atoms with Crippen LogP contribution in [0.2, 0.25) is 0 Å². The summed E-state index contributed by atoms with van der Waals surface area (Å²) in [6.07, 6.45) is 0. The Kier molecular flexibility index (Phi) is 5.73. The number of carbonyl (C=O) groups is 3. The van der Waals surface area contributed by atoms with Crippen LogP contribution in [-0.4, -0.2) is 60.3 Å². The van der Waals surface area contributed by atoms with Crippen molar-refractivity contribution in [3.8, 4) is 5.75 Å². The van der Waals surface area contributed by atoms with Crippen molar-refractivity contribution in [2.45, 2.75) is 6.92 Å². The van der Waals surface area contributed by atoms with Crippen molar-refractivity contribution in [3.63, 3.8) is 0 Å². The number of nitrogens with zero attached hydrogens (tertiary/aromatic N) is 2. The van der Waals surface area contributed by atoms with Crippen LogP contribution in [0.15, 0.2) is 24.3 Å². The molecule has 1 atom stereocenters. The van der Waals surface area contributed by atoms with E-state index >= 15 is 0 Å². The summed E-state index contributed by atoms with van der Waals surface area (Å²) in [7, 11) is 0. The maximum absolute atomic E-state index is 13.1. The van der Waals surface area contributed by atoms with Crippen molar-refractivity contribution in [2.24, 2.45) is 11.7 Å². The summed E-state index contributed by atoms with van der Waals surface area (Å²) in [5, 5.41) is 0. The van der Waals surface area contributed by atoms with Gasteiger partial charge in [-0.2, -0.15) is 0 Å². The molecule has 0 radical (unpaired) electrons. The van der Waals surface area contributed by atoms with Crippen LogP contribution in [0.25, 0.3) is 0 Å². The molecule has 1 aromatic carbocycles. The molecule has 3 amide bonds. The standard InChI is InChI=1S/C16H20FN3O4/c1-11(21)19-5-6-20(9-12(8-19)16(18)23)15(22)10-24-14-4-2-3-13(17)7-14/h2-4,7,12H,5-6,8-10H2,1H3,(H2,18,23)/t12-/m0/s1. The van der Waals surface area contributed by atoms with E-state index in [2.05, 4.69) is 0 Å². The molecule has 1 heterocycles. The molecule has 0 spiro atoms. The number of ether oxygens (including phenoxy) is 1. The number of nitrogens with two attached hydrogens (primary N) is 1. The fourth-order valence-electron chi connectivity index (χ4n) is 2.50. The quantitative estimate of drug-likeness (QED) is 0.837. The van der Waals surface area contributed by atoms with Crippen LogP contribution < -0.4 is 10.5 Å². The molecule has 130 valence electrons. The molecule has 2 N–H and O–H groups in total. The first-order chi connectivity index (χ1) is 11.4. The molecule has 0 aromatic heterocycles. The van der Waals surface area contributed by atoms with Crippen LogP contribution in [0.3, 0.4) is 0 Å². The Morgan fingerprint density at radius 1 is 1.25 bits per heavy atom. The van der Waals surface area contributed by atoms with E-state index in [-0.39, 0.29) is 43.8 Å². The molecule has 1 aliphatic heterocycles. The van der Waals surface area contributed by atoms with E-state index in [1.807, 2.05) is 0 Å². The summed E-state index contributed by atoms with van der Waals surface area (Å²) in [4.78, 5) is 38.3. The highest BCUT2D eigenvalue weighted by atomic mass is 19.1. The number of hydrogen-bond donors (Lipinski definition) is 1. The smallest absolute Gasteiger partial charge is 0.260 e. The lowest BCUT2D eigenvalue weighted by atomic mass is 10.1. The fraction of sp³-hybridized carbons (Fsp3) is 0.438. The highest BCUT2D eigenvalue weighted by Gasteiger charge is 2.29. The Morgan fingerprint density at radius 3 is 2.54 bits per heavy atom. The Morgan fingerprint density at radius 2 is 1.92 bits per heavy atom. The third-order valence-electron chi connectivity index (χ3n) is 3.88. The minimum atomic E-state index is -0.630. The molecule has 1 aliphatic rings. The normalized spacial score (nSPS) is 18.0. The van der Waals surface area contributed by atoms with Crippen LogP contribution in [0.4, 0.5) is 4.39 Å². The summed E-state index contributed by atoms with van der Waals surface area (Å²) < 4.78 is 18.4. The summed E-state index contributed by atoms with van der Waals surface area (Å²) in [5.74, 6) is -1.93. The first-order valence-electron chi connectivity index (χ1n) is 7.58. The van der Waals surface area contributed by atoms with Gasteiger partial charge in [-0.1, -0.05) is 6.07 Å². The highest BCUT2D eigenvalue weighted by molar-refractivity contribution is 5.82. The van der Waals surface area contributed by atoms with Crippen molar-refractivity contribution < 1.29 is 23.5 Å². The van der Waals surface area contributed by atoms with Gasteiger partial charge in [0.1, 0.15) is 11.6 Å². The second-order valence-electron chi connectivity index (χ2n) is 5.65. The largest absolute Gasteiger partial charge is 0.484 e. The van der Waals surface area contributed by atoms with Crippen LogP contribution in [0.5, 0.6) is 5.75 Å². The van der Waals surface area contributed by atoms with Gasteiger partial charge >= 0.3 is 0 Å². The van der Waals surface area contributed by atoms with Crippen LogP contribution in [-0.2, 0) is 14.4 Å². The summed E-state index contributed by atoms with van der Waals surface area (Å²) in [6, 6.07) is 5.48. The minimum Gasteiger partial charge on any atom is -0.484 e. The third kappa shape index (κ3) is 4.68. The minimum absolute atomic E-state index is 0.129. The van der Waals surface area contributed by atoms with Gasteiger partial charge in [-0.05, 0) is 12.1 Å². The molecule has 0 unspecified atom stereocenters. The fourth-order valence-corrected chi connectivity index (χ4v) is 2.50. The summed E-state index contributed by atoms with van der Waals surface area (Å²) >= 11 is 0. The zero-order valence-corrected chi connectivity index (χ0v) is 13.4. The van der Waals surface area contributed by atoms with Crippen molar-refractivity contribution in [1.82, 2.24) is 9.80 Å². The van der Waals surface area contributed by atoms with E-state index < -0.39 is 17.6 Å². The number of hydrogen-bond acceptors (Lipinski definition) is 4. The Balaban J connectivity index is 1.99.